The molecule has 0 amide bonds. The second-order valence-electron chi connectivity index (χ2n) is 10.9. The lowest BCUT2D eigenvalue weighted by molar-refractivity contribution is -0.132. The maximum Gasteiger partial charge on any atom is 0.195 e. The Morgan fingerprint density at radius 3 is 2.50 bits per heavy atom. The highest BCUT2D eigenvalue weighted by Crippen LogP contribution is 2.68. The molecule has 4 saturated carbocycles. The monoisotopic (exact) mass is 358 g/mol. The van der Waals surface area contributed by atoms with Gasteiger partial charge in [-0.25, -0.2) is 0 Å². The average Bonchev–Trinajstić information content (AvgIpc) is 2.98. The fraction of sp³-hybridized carbons (Fsp3) is 0.917. The van der Waals surface area contributed by atoms with Gasteiger partial charge in [0.15, 0.2) is 12.1 Å². The third-order valence-corrected chi connectivity index (χ3v) is 10.00. The van der Waals surface area contributed by atoms with Gasteiger partial charge in [0.1, 0.15) is 0 Å². The van der Waals surface area contributed by atoms with E-state index in [1.54, 1.807) is 0 Å². The Morgan fingerprint density at radius 1 is 0.962 bits per heavy atom. The summed E-state index contributed by atoms with van der Waals surface area (Å²) in [6.45, 7) is 7.42. The summed E-state index contributed by atoms with van der Waals surface area (Å²) in [6, 6.07) is 0. The van der Waals surface area contributed by atoms with Crippen LogP contribution in [0.3, 0.4) is 0 Å². The molecule has 26 heavy (non-hydrogen) atoms. The van der Waals surface area contributed by atoms with Crippen LogP contribution in [0.5, 0.6) is 0 Å². The number of carbonyl (C=O) groups is 2. The van der Waals surface area contributed by atoms with Crippen LogP contribution in [0, 0.1) is 46.3 Å². The molecule has 0 aromatic carbocycles. The molecular formula is C24H38O2. The summed E-state index contributed by atoms with van der Waals surface area (Å²) in [5.74, 6) is 4.52. The van der Waals surface area contributed by atoms with E-state index in [-0.39, 0.29) is 5.78 Å². The van der Waals surface area contributed by atoms with E-state index >= 15 is 0 Å². The summed E-state index contributed by atoms with van der Waals surface area (Å²) in [4.78, 5) is 22.5. The molecule has 0 heterocycles. The molecule has 0 aliphatic heterocycles. The second kappa shape index (κ2) is 6.74. The van der Waals surface area contributed by atoms with Crippen molar-refractivity contribution < 1.29 is 9.59 Å². The normalized spacial score (nSPS) is 48.8. The average molecular weight is 359 g/mol. The number of rotatable bonds is 4. The first-order valence-electron chi connectivity index (χ1n) is 11.4. The predicted molar refractivity (Wildman–Crippen MR) is 105 cm³/mol. The van der Waals surface area contributed by atoms with Crippen LogP contribution in [0.25, 0.3) is 0 Å². The molecule has 4 aliphatic rings. The molecule has 0 N–H and O–H groups in total. The highest BCUT2D eigenvalue weighted by atomic mass is 16.2. The van der Waals surface area contributed by atoms with Gasteiger partial charge in [-0.3, -0.25) is 9.59 Å². The van der Waals surface area contributed by atoms with Gasteiger partial charge in [0.25, 0.3) is 0 Å². The van der Waals surface area contributed by atoms with Crippen molar-refractivity contribution in [1.29, 1.82) is 0 Å². The van der Waals surface area contributed by atoms with Crippen molar-refractivity contribution >= 4 is 12.1 Å². The van der Waals surface area contributed by atoms with Crippen LogP contribution >= 0.6 is 0 Å². The van der Waals surface area contributed by atoms with E-state index in [0.29, 0.717) is 35.4 Å². The molecule has 0 aromatic heterocycles. The van der Waals surface area contributed by atoms with Gasteiger partial charge >= 0.3 is 0 Å². The van der Waals surface area contributed by atoms with Crippen molar-refractivity contribution in [3.05, 3.63) is 0 Å². The highest BCUT2D eigenvalue weighted by molar-refractivity contribution is 6.24. The van der Waals surface area contributed by atoms with E-state index in [1.165, 1.54) is 64.2 Å². The van der Waals surface area contributed by atoms with Crippen molar-refractivity contribution in [3.8, 4) is 0 Å². The molecule has 0 saturated heterocycles. The number of hydrogen-bond donors (Lipinski definition) is 0. The Balaban J connectivity index is 1.54. The van der Waals surface area contributed by atoms with E-state index in [1.807, 2.05) is 0 Å². The largest absolute Gasteiger partial charge is 0.295 e. The standard InChI is InChI=1S/C24H38O2/c1-16(14-18(26)15-25)20-9-10-21-19-8-7-17-6-4-5-12-23(17,2)22(19)11-13-24(20,21)3/h15-17,19-22H,4-14H2,1-3H3/t16-,17?,19+,20-,21+,22+,23+,24-/m1/s1. The maximum atomic E-state index is 11.7. The molecule has 2 nitrogen and oxygen atoms in total. The van der Waals surface area contributed by atoms with E-state index in [4.69, 9.17) is 0 Å². The quantitative estimate of drug-likeness (QED) is 0.468. The molecule has 0 aromatic rings. The fourth-order valence-corrected chi connectivity index (χ4v) is 8.78. The lowest BCUT2D eigenvalue weighted by atomic mass is 9.44. The van der Waals surface area contributed by atoms with Gasteiger partial charge in [0.2, 0.25) is 0 Å². The number of Topliss-reactive ketones (excluding diaryl/α,β-unsaturated/α-hetero) is 1. The van der Waals surface area contributed by atoms with Crippen LogP contribution in [-0.4, -0.2) is 12.1 Å². The van der Waals surface area contributed by atoms with Crippen molar-refractivity contribution in [2.45, 2.75) is 91.4 Å². The van der Waals surface area contributed by atoms with E-state index < -0.39 is 0 Å². The number of hydrogen-bond acceptors (Lipinski definition) is 2. The Bertz CT molecular complexity index is 569. The predicted octanol–water partition coefficient (Wildman–Crippen LogP) is 5.83. The third-order valence-electron chi connectivity index (χ3n) is 10.00. The van der Waals surface area contributed by atoms with Crippen LogP contribution in [0.4, 0.5) is 0 Å². The minimum absolute atomic E-state index is 0.200. The van der Waals surface area contributed by atoms with Gasteiger partial charge in [-0.05, 0) is 97.7 Å². The fourth-order valence-electron chi connectivity index (χ4n) is 8.78. The van der Waals surface area contributed by atoms with Crippen LogP contribution in [0.15, 0.2) is 0 Å². The number of carbonyl (C=O) groups excluding carboxylic acids is 2. The summed E-state index contributed by atoms with van der Waals surface area (Å²) in [6.07, 6.45) is 15.2. The van der Waals surface area contributed by atoms with Gasteiger partial charge in [0, 0.05) is 6.42 Å². The molecular weight excluding hydrogens is 320 g/mol. The third kappa shape index (κ3) is 2.73. The summed E-state index contributed by atoms with van der Waals surface area (Å²) >= 11 is 0. The lowest BCUT2D eigenvalue weighted by Crippen LogP contribution is -2.53. The molecule has 2 heteroatoms. The van der Waals surface area contributed by atoms with Gasteiger partial charge in [0.05, 0.1) is 0 Å². The zero-order valence-electron chi connectivity index (χ0n) is 17.1. The summed E-state index contributed by atoms with van der Waals surface area (Å²) < 4.78 is 0. The topological polar surface area (TPSA) is 34.1 Å². The smallest absolute Gasteiger partial charge is 0.195 e. The molecule has 4 aliphatic carbocycles. The van der Waals surface area contributed by atoms with Crippen LogP contribution in [0.1, 0.15) is 91.4 Å². The first-order chi connectivity index (χ1) is 12.4. The molecule has 0 spiro atoms. The van der Waals surface area contributed by atoms with Crippen molar-refractivity contribution in [1.82, 2.24) is 0 Å². The summed E-state index contributed by atoms with van der Waals surface area (Å²) in [5, 5.41) is 0. The van der Waals surface area contributed by atoms with Crippen molar-refractivity contribution in [3.63, 3.8) is 0 Å². The van der Waals surface area contributed by atoms with Gasteiger partial charge in [-0.15, -0.1) is 0 Å². The summed E-state index contributed by atoms with van der Waals surface area (Å²) in [5.41, 5.74) is 1.02. The molecule has 4 fully saturated rings. The van der Waals surface area contributed by atoms with E-state index in [0.717, 1.165) is 23.7 Å². The van der Waals surface area contributed by atoms with E-state index in [2.05, 4.69) is 20.8 Å². The minimum Gasteiger partial charge on any atom is -0.295 e. The minimum atomic E-state index is -0.200. The van der Waals surface area contributed by atoms with Gasteiger partial charge in [-0.1, -0.05) is 33.6 Å². The molecule has 0 radical (unpaired) electrons. The zero-order valence-corrected chi connectivity index (χ0v) is 17.1. The molecule has 4 rings (SSSR count). The maximum absolute atomic E-state index is 11.7. The number of ketones is 1. The van der Waals surface area contributed by atoms with Crippen LogP contribution in [0.2, 0.25) is 0 Å². The zero-order chi connectivity index (χ0) is 18.5. The van der Waals surface area contributed by atoms with Gasteiger partial charge < -0.3 is 0 Å². The van der Waals surface area contributed by atoms with Crippen molar-refractivity contribution in [2.24, 2.45) is 46.3 Å². The lowest BCUT2D eigenvalue weighted by Gasteiger charge is -2.61. The Morgan fingerprint density at radius 2 is 1.73 bits per heavy atom. The number of fused-ring (bicyclic) bond motifs is 5. The van der Waals surface area contributed by atoms with Crippen LogP contribution < -0.4 is 0 Å². The first-order valence-corrected chi connectivity index (χ1v) is 11.4. The van der Waals surface area contributed by atoms with Gasteiger partial charge in [-0.2, -0.15) is 0 Å². The Labute approximate surface area is 159 Å². The highest BCUT2D eigenvalue weighted by Gasteiger charge is 2.60. The first kappa shape index (κ1) is 18.7. The van der Waals surface area contributed by atoms with E-state index in [9.17, 15) is 9.59 Å². The molecule has 1 unspecified atom stereocenters. The number of aldehydes is 1. The summed E-state index contributed by atoms with van der Waals surface area (Å²) in [7, 11) is 0. The Hall–Kier alpha value is -0.660. The SMILES string of the molecule is C[C@H](CC(=O)C=O)[C@H]1CC[C@H]2[C@@H]3CCC4CCCC[C@]4(C)[C@H]3CC[C@]12C. The Kier molecular flexibility index (Phi) is 4.85. The molecule has 8 atom stereocenters. The molecule has 0 bridgehead atoms. The van der Waals surface area contributed by atoms with Crippen LogP contribution in [-0.2, 0) is 9.59 Å². The van der Waals surface area contributed by atoms with Crippen molar-refractivity contribution in [2.75, 3.05) is 0 Å². The molecule has 146 valence electrons. The second-order valence-corrected chi connectivity index (χ2v) is 10.9.